The number of nitrogens with zero attached hydrogens (tertiary/aromatic N) is 2. The SMILES string of the molecule is CCCCOCCCNc1ccc(C(F)(F)F)nn1. The molecule has 1 aromatic rings. The van der Waals surface area contributed by atoms with Gasteiger partial charge in [0.25, 0.3) is 0 Å². The van der Waals surface area contributed by atoms with Crippen LogP contribution >= 0.6 is 0 Å². The zero-order valence-corrected chi connectivity index (χ0v) is 10.8. The standard InChI is InChI=1S/C12H18F3N3O/c1-2-3-8-19-9-4-7-16-11-6-5-10(17-18-11)12(13,14)15/h5-6H,2-4,7-9H2,1H3,(H,16,18). The third-order valence-electron chi connectivity index (χ3n) is 2.37. The third kappa shape index (κ3) is 6.37. The molecular formula is C12H18F3N3O. The van der Waals surface area contributed by atoms with Crippen LogP contribution in [-0.4, -0.2) is 30.0 Å². The molecule has 0 saturated carbocycles. The van der Waals surface area contributed by atoms with Gasteiger partial charge < -0.3 is 10.1 Å². The average molecular weight is 277 g/mol. The maximum Gasteiger partial charge on any atom is 0.435 e. The van der Waals surface area contributed by atoms with Crippen molar-refractivity contribution in [2.45, 2.75) is 32.4 Å². The quantitative estimate of drug-likeness (QED) is 0.742. The molecule has 1 rings (SSSR count). The van der Waals surface area contributed by atoms with Crippen LogP contribution in [0.25, 0.3) is 0 Å². The van der Waals surface area contributed by atoms with Crippen LogP contribution in [0.5, 0.6) is 0 Å². The molecule has 1 N–H and O–H groups in total. The van der Waals surface area contributed by atoms with Gasteiger partial charge in [0.2, 0.25) is 0 Å². The zero-order valence-electron chi connectivity index (χ0n) is 10.8. The van der Waals surface area contributed by atoms with Crippen molar-refractivity contribution in [2.75, 3.05) is 25.1 Å². The van der Waals surface area contributed by atoms with E-state index in [-0.39, 0.29) is 0 Å². The summed E-state index contributed by atoms with van der Waals surface area (Å²) in [4.78, 5) is 0. The van der Waals surface area contributed by atoms with Crippen molar-refractivity contribution in [3.8, 4) is 0 Å². The topological polar surface area (TPSA) is 47.0 Å². The summed E-state index contributed by atoms with van der Waals surface area (Å²) in [6.45, 7) is 4.05. The molecule has 0 aliphatic rings. The van der Waals surface area contributed by atoms with Crippen molar-refractivity contribution in [3.05, 3.63) is 17.8 Å². The van der Waals surface area contributed by atoms with E-state index in [4.69, 9.17) is 4.74 Å². The molecule has 0 fully saturated rings. The first kappa shape index (κ1) is 15.7. The molecule has 1 aromatic heterocycles. The molecular weight excluding hydrogens is 259 g/mol. The molecule has 0 saturated heterocycles. The fraction of sp³-hybridized carbons (Fsp3) is 0.667. The minimum absolute atomic E-state index is 0.335. The number of hydrogen-bond acceptors (Lipinski definition) is 4. The molecule has 0 atom stereocenters. The van der Waals surface area contributed by atoms with E-state index in [0.29, 0.717) is 19.0 Å². The Morgan fingerprint density at radius 2 is 1.89 bits per heavy atom. The summed E-state index contributed by atoms with van der Waals surface area (Å²) in [5.74, 6) is 0.335. The fourth-order valence-corrected chi connectivity index (χ4v) is 1.32. The molecule has 0 aromatic carbocycles. The van der Waals surface area contributed by atoms with E-state index in [9.17, 15) is 13.2 Å². The predicted molar refractivity (Wildman–Crippen MR) is 65.9 cm³/mol. The van der Waals surface area contributed by atoms with Gasteiger partial charge in [0.15, 0.2) is 5.69 Å². The number of halogens is 3. The molecule has 0 spiro atoms. The van der Waals surface area contributed by atoms with Crippen LogP contribution in [-0.2, 0) is 10.9 Å². The summed E-state index contributed by atoms with van der Waals surface area (Å²) < 4.78 is 42.1. The summed E-state index contributed by atoms with van der Waals surface area (Å²) in [7, 11) is 0. The van der Waals surface area contributed by atoms with Gasteiger partial charge in [-0.15, -0.1) is 10.2 Å². The Balaban J connectivity index is 2.20. The van der Waals surface area contributed by atoms with Crippen LogP contribution in [0, 0.1) is 0 Å². The second kappa shape index (κ2) is 7.93. The Bertz CT molecular complexity index is 354. The second-order valence-electron chi connectivity index (χ2n) is 4.05. The highest BCUT2D eigenvalue weighted by Gasteiger charge is 2.32. The van der Waals surface area contributed by atoms with Gasteiger partial charge in [-0.2, -0.15) is 13.2 Å². The van der Waals surface area contributed by atoms with Crippen molar-refractivity contribution < 1.29 is 17.9 Å². The van der Waals surface area contributed by atoms with Gasteiger partial charge in [-0.3, -0.25) is 0 Å². The lowest BCUT2D eigenvalue weighted by molar-refractivity contribution is -0.141. The van der Waals surface area contributed by atoms with Crippen LogP contribution in [0.3, 0.4) is 0 Å². The van der Waals surface area contributed by atoms with E-state index in [1.807, 2.05) is 0 Å². The first-order valence-electron chi connectivity index (χ1n) is 6.26. The largest absolute Gasteiger partial charge is 0.435 e. The summed E-state index contributed by atoms with van der Waals surface area (Å²) >= 11 is 0. The molecule has 0 unspecified atom stereocenters. The number of ether oxygens (including phenoxy) is 1. The molecule has 1 heterocycles. The van der Waals surface area contributed by atoms with Crippen LogP contribution in [0.15, 0.2) is 12.1 Å². The van der Waals surface area contributed by atoms with E-state index < -0.39 is 11.9 Å². The summed E-state index contributed by atoms with van der Waals surface area (Å²) in [6.07, 6.45) is -1.54. The minimum atomic E-state index is -4.45. The van der Waals surface area contributed by atoms with E-state index >= 15 is 0 Å². The highest BCUT2D eigenvalue weighted by Crippen LogP contribution is 2.26. The Morgan fingerprint density at radius 3 is 2.47 bits per heavy atom. The molecule has 4 nitrogen and oxygen atoms in total. The summed E-state index contributed by atoms with van der Waals surface area (Å²) in [6, 6.07) is 2.18. The van der Waals surface area contributed by atoms with Gasteiger partial charge in [-0.1, -0.05) is 13.3 Å². The maximum atomic E-state index is 12.2. The van der Waals surface area contributed by atoms with Crippen molar-refractivity contribution in [2.24, 2.45) is 0 Å². The highest BCUT2D eigenvalue weighted by molar-refractivity contribution is 5.33. The smallest absolute Gasteiger partial charge is 0.381 e. The lowest BCUT2D eigenvalue weighted by Gasteiger charge is -2.07. The number of anilines is 1. The molecule has 0 radical (unpaired) electrons. The van der Waals surface area contributed by atoms with E-state index in [1.54, 1.807) is 0 Å². The molecule has 108 valence electrons. The normalized spacial score (nSPS) is 11.6. The molecule has 0 amide bonds. The summed E-state index contributed by atoms with van der Waals surface area (Å²) in [5, 5.41) is 9.48. The Morgan fingerprint density at radius 1 is 1.16 bits per heavy atom. The fourth-order valence-electron chi connectivity index (χ4n) is 1.32. The van der Waals surface area contributed by atoms with Crippen molar-refractivity contribution >= 4 is 5.82 Å². The molecule has 0 aliphatic carbocycles. The van der Waals surface area contributed by atoms with Crippen LogP contribution < -0.4 is 5.32 Å². The minimum Gasteiger partial charge on any atom is -0.381 e. The van der Waals surface area contributed by atoms with E-state index in [2.05, 4.69) is 22.4 Å². The zero-order chi connectivity index (χ0) is 14.1. The van der Waals surface area contributed by atoms with Crippen LogP contribution in [0.2, 0.25) is 0 Å². The monoisotopic (exact) mass is 277 g/mol. The third-order valence-corrected chi connectivity index (χ3v) is 2.37. The molecule has 7 heteroatoms. The maximum absolute atomic E-state index is 12.2. The van der Waals surface area contributed by atoms with Crippen molar-refractivity contribution in [1.82, 2.24) is 10.2 Å². The second-order valence-corrected chi connectivity index (χ2v) is 4.05. The lowest BCUT2D eigenvalue weighted by atomic mass is 10.3. The van der Waals surface area contributed by atoms with Crippen LogP contribution in [0.4, 0.5) is 19.0 Å². The van der Waals surface area contributed by atoms with E-state index in [0.717, 1.165) is 31.9 Å². The average Bonchev–Trinajstić information content (AvgIpc) is 2.37. The molecule has 0 bridgehead atoms. The number of unbranched alkanes of at least 4 members (excludes halogenated alkanes) is 1. The number of aromatic nitrogens is 2. The Labute approximate surface area is 110 Å². The first-order valence-corrected chi connectivity index (χ1v) is 6.26. The molecule has 0 aliphatic heterocycles. The van der Waals surface area contributed by atoms with Gasteiger partial charge in [0.1, 0.15) is 5.82 Å². The van der Waals surface area contributed by atoms with Gasteiger partial charge in [-0.25, -0.2) is 0 Å². The first-order chi connectivity index (χ1) is 9.04. The highest BCUT2D eigenvalue weighted by atomic mass is 19.4. The Kier molecular flexibility index (Phi) is 6.55. The van der Waals surface area contributed by atoms with Crippen LogP contribution in [0.1, 0.15) is 31.9 Å². The van der Waals surface area contributed by atoms with Crippen molar-refractivity contribution in [1.29, 1.82) is 0 Å². The number of nitrogens with one attached hydrogen (secondary N) is 1. The van der Waals surface area contributed by atoms with Gasteiger partial charge in [0.05, 0.1) is 0 Å². The van der Waals surface area contributed by atoms with Gasteiger partial charge in [0, 0.05) is 19.8 Å². The van der Waals surface area contributed by atoms with Gasteiger partial charge in [-0.05, 0) is 25.0 Å². The Hall–Kier alpha value is -1.37. The van der Waals surface area contributed by atoms with E-state index in [1.165, 1.54) is 6.07 Å². The number of rotatable bonds is 8. The van der Waals surface area contributed by atoms with Gasteiger partial charge >= 0.3 is 6.18 Å². The predicted octanol–water partition coefficient (Wildman–Crippen LogP) is 3.11. The lowest BCUT2D eigenvalue weighted by Crippen LogP contribution is -2.11. The summed E-state index contributed by atoms with van der Waals surface area (Å²) in [5.41, 5.74) is -0.985. The molecule has 19 heavy (non-hydrogen) atoms. The number of hydrogen-bond donors (Lipinski definition) is 1. The number of alkyl halides is 3. The van der Waals surface area contributed by atoms with Crippen molar-refractivity contribution in [3.63, 3.8) is 0 Å².